The second-order valence-electron chi connectivity index (χ2n) is 5.45. The lowest BCUT2D eigenvalue weighted by Gasteiger charge is -2.34. The zero-order chi connectivity index (χ0) is 17.5. The van der Waals surface area contributed by atoms with Gasteiger partial charge in [-0.3, -0.25) is 14.5 Å². The molecule has 8 nitrogen and oxygen atoms in total. The second kappa shape index (κ2) is 8.51. The highest BCUT2D eigenvalue weighted by molar-refractivity contribution is 6.39. The van der Waals surface area contributed by atoms with Crippen LogP contribution in [0.1, 0.15) is 0 Å². The Morgan fingerprint density at radius 2 is 1.79 bits per heavy atom. The number of hydrogen-bond acceptors (Lipinski definition) is 6. The standard InChI is InChI=1S/C16H24N4O4/c1-23-13-4-3-12(11-14(13)24-2)18-15(21)16(22)20-9-7-19(6-5-17)8-10-20/h3-4,11H,5-10,17H2,1-2H3,(H,18,21). The zero-order valence-corrected chi connectivity index (χ0v) is 14.1. The van der Waals surface area contributed by atoms with Crippen molar-refractivity contribution in [1.29, 1.82) is 0 Å². The molecule has 0 bridgehead atoms. The highest BCUT2D eigenvalue weighted by atomic mass is 16.5. The van der Waals surface area contributed by atoms with E-state index in [1.807, 2.05) is 0 Å². The largest absolute Gasteiger partial charge is 0.493 e. The minimum Gasteiger partial charge on any atom is -0.493 e. The number of benzene rings is 1. The van der Waals surface area contributed by atoms with Crippen molar-refractivity contribution in [3.8, 4) is 11.5 Å². The summed E-state index contributed by atoms with van der Waals surface area (Å²) in [6.07, 6.45) is 0. The first-order valence-corrected chi connectivity index (χ1v) is 7.83. The van der Waals surface area contributed by atoms with Crippen LogP contribution in [0.5, 0.6) is 11.5 Å². The smallest absolute Gasteiger partial charge is 0.313 e. The van der Waals surface area contributed by atoms with Gasteiger partial charge in [-0.1, -0.05) is 0 Å². The summed E-state index contributed by atoms with van der Waals surface area (Å²) in [5.74, 6) is -0.150. The van der Waals surface area contributed by atoms with Crippen molar-refractivity contribution in [2.75, 3.05) is 58.8 Å². The van der Waals surface area contributed by atoms with Crippen LogP contribution in [0.25, 0.3) is 0 Å². The molecular formula is C16H24N4O4. The fourth-order valence-corrected chi connectivity index (χ4v) is 2.60. The molecule has 2 rings (SSSR count). The number of amides is 2. The number of piperazine rings is 1. The Morgan fingerprint density at radius 3 is 2.38 bits per heavy atom. The van der Waals surface area contributed by atoms with Gasteiger partial charge in [0.15, 0.2) is 11.5 Å². The Labute approximate surface area is 141 Å². The molecule has 132 valence electrons. The van der Waals surface area contributed by atoms with Crippen LogP contribution in [-0.2, 0) is 9.59 Å². The number of carbonyl (C=O) groups is 2. The maximum Gasteiger partial charge on any atom is 0.313 e. The fourth-order valence-electron chi connectivity index (χ4n) is 2.60. The highest BCUT2D eigenvalue weighted by Gasteiger charge is 2.25. The van der Waals surface area contributed by atoms with Gasteiger partial charge in [0.1, 0.15) is 0 Å². The number of methoxy groups -OCH3 is 2. The number of rotatable bonds is 5. The number of carbonyl (C=O) groups excluding carboxylic acids is 2. The van der Waals surface area contributed by atoms with E-state index < -0.39 is 11.8 Å². The van der Waals surface area contributed by atoms with Crippen LogP contribution < -0.4 is 20.5 Å². The Kier molecular flexibility index (Phi) is 6.39. The number of nitrogens with one attached hydrogen (secondary N) is 1. The first-order valence-electron chi connectivity index (χ1n) is 7.83. The highest BCUT2D eigenvalue weighted by Crippen LogP contribution is 2.29. The summed E-state index contributed by atoms with van der Waals surface area (Å²) in [5.41, 5.74) is 6.01. The van der Waals surface area contributed by atoms with E-state index in [4.69, 9.17) is 15.2 Å². The Morgan fingerprint density at radius 1 is 1.12 bits per heavy atom. The molecule has 2 amide bonds. The number of anilines is 1. The summed E-state index contributed by atoms with van der Waals surface area (Å²) >= 11 is 0. The van der Waals surface area contributed by atoms with Gasteiger partial charge in [-0.25, -0.2) is 0 Å². The van der Waals surface area contributed by atoms with Crippen molar-refractivity contribution in [2.45, 2.75) is 0 Å². The number of ether oxygens (including phenoxy) is 2. The molecule has 0 saturated carbocycles. The molecule has 8 heteroatoms. The maximum atomic E-state index is 12.3. The van der Waals surface area contributed by atoms with Gasteiger partial charge >= 0.3 is 11.8 Å². The third-order valence-corrected chi connectivity index (χ3v) is 3.94. The normalized spacial score (nSPS) is 15.0. The van der Waals surface area contributed by atoms with Crippen LogP contribution in [0.2, 0.25) is 0 Å². The molecule has 0 atom stereocenters. The number of nitrogens with zero attached hydrogens (tertiary/aromatic N) is 2. The minimum atomic E-state index is -0.658. The summed E-state index contributed by atoms with van der Waals surface area (Å²) in [6.45, 7) is 3.91. The summed E-state index contributed by atoms with van der Waals surface area (Å²) in [4.78, 5) is 28.2. The van der Waals surface area contributed by atoms with Gasteiger partial charge in [0.2, 0.25) is 0 Å². The van der Waals surface area contributed by atoms with Gasteiger partial charge in [0, 0.05) is 51.0 Å². The van der Waals surface area contributed by atoms with Crippen molar-refractivity contribution in [1.82, 2.24) is 9.80 Å². The predicted octanol–water partition coefficient (Wildman–Crippen LogP) is -0.255. The van der Waals surface area contributed by atoms with Gasteiger partial charge < -0.3 is 25.4 Å². The molecule has 0 spiro atoms. The van der Waals surface area contributed by atoms with E-state index in [9.17, 15) is 9.59 Å². The van der Waals surface area contributed by atoms with Gasteiger partial charge in [-0.2, -0.15) is 0 Å². The molecule has 1 aliphatic heterocycles. The summed E-state index contributed by atoms with van der Waals surface area (Å²) in [6, 6.07) is 4.94. The summed E-state index contributed by atoms with van der Waals surface area (Å²) in [5, 5.41) is 2.60. The van der Waals surface area contributed by atoms with E-state index in [-0.39, 0.29) is 0 Å². The SMILES string of the molecule is COc1ccc(NC(=O)C(=O)N2CCN(CCN)CC2)cc1OC. The molecule has 1 aromatic rings. The third-order valence-electron chi connectivity index (χ3n) is 3.94. The van der Waals surface area contributed by atoms with Crippen LogP contribution in [0.4, 0.5) is 5.69 Å². The zero-order valence-electron chi connectivity index (χ0n) is 14.1. The molecule has 1 saturated heterocycles. The van der Waals surface area contributed by atoms with Crippen LogP contribution in [0.3, 0.4) is 0 Å². The Balaban J connectivity index is 1.94. The first kappa shape index (κ1) is 18.0. The van der Waals surface area contributed by atoms with Crippen LogP contribution in [0.15, 0.2) is 18.2 Å². The van der Waals surface area contributed by atoms with Gasteiger partial charge in [-0.15, -0.1) is 0 Å². The summed E-state index contributed by atoms with van der Waals surface area (Å²) < 4.78 is 10.3. The quantitative estimate of drug-likeness (QED) is 0.720. The number of nitrogens with two attached hydrogens (primary N) is 1. The lowest BCUT2D eigenvalue weighted by atomic mass is 10.2. The van der Waals surface area contributed by atoms with E-state index in [0.717, 1.165) is 19.6 Å². The molecule has 0 unspecified atom stereocenters. The third kappa shape index (κ3) is 4.36. The van der Waals surface area contributed by atoms with Crippen LogP contribution >= 0.6 is 0 Å². The molecule has 1 heterocycles. The van der Waals surface area contributed by atoms with E-state index in [0.29, 0.717) is 36.8 Å². The van der Waals surface area contributed by atoms with Gasteiger partial charge in [0.05, 0.1) is 14.2 Å². The molecule has 1 fully saturated rings. The maximum absolute atomic E-state index is 12.3. The van der Waals surface area contributed by atoms with E-state index >= 15 is 0 Å². The average Bonchev–Trinajstić information content (AvgIpc) is 2.61. The van der Waals surface area contributed by atoms with E-state index in [2.05, 4.69) is 10.2 Å². The molecule has 3 N–H and O–H groups in total. The van der Waals surface area contributed by atoms with Crippen molar-refractivity contribution in [3.05, 3.63) is 18.2 Å². The minimum absolute atomic E-state index is 0.479. The molecule has 24 heavy (non-hydrogen) atoms. The van der Waals surface area contributed by atoms with Crippen molar-refractivity contribution < 1.29 is 19.1 Å². The fraction of sp³-hybridized carbons (Fsp3) is 0.500. The molecular weight excluding hydrogens is 312 g/mol. The van der Waals surface area contributed by atoms with Crippen LogP contribution in [0, 0.1) is 0 Å². The topological polar surface area (TPSA) is 97.1 Å². The monoisotopic (exact) mass is 336 g/mol. The molecule has 1 aromatic carbocycles. The van der Waals surface area contributed by atoms with E-state index in [1.54, 1.807) is 23.1 Å². The Hall–Kier alpha value is -2.32. The average molecular weight is 336 g/mol. The van der Waals surface area contributed by atoms with Crippen molar-refractivity contribution in [3.63, 3.8) is 0 Å². The van der Waals surface area contributed by atoms with E-state index in [1.165, 1.54) is 14.2 Å². The van der Waals surface area contributed by atoms with Gasteiger partial charge in [0.25, 0.3) is 0 Å². The second-order valence-corrected chi connectivity index (χ2v) is 5.45. The van der Waals surface area contributed by atoms with Crippen LogP contribution in [-0.4, -0.2) is 75.1 Å². The predicted molar refractivity (Wildman–Crippen MR) is 90.3 cm³/mol. The summed E-state index contributed by atoms with van der Waals surface area (Å²) in [7, 11) is 3.04. The molecule has 1 aliphatic rings. The Bertz CT molecular complexity index is 585. The lowest BCUT2D eigenvalue weighted by Crippen LogP contribution is -2.52. The molecule has 0 aromatic heterocycles. The number of hydrogen-bond donors (Lipinski definition) is 2. The van der Waals surface area contributed by atoms with Gasteiger partial charge in [-0.05, 0) is 12.1 Å². The van der Waals surface area contributed by atoms with Crippen molar-refractivity contribution >= 4 is 17.5 Å². The van der Waals surface area contributed by atoms with Crippen molar-refractivity contribution in [2.24, 2.45) is 5.73 Å². The molecule has 0 aliphatic carbocycles. The lowest BCUT2D eigenvalue weighted by molar-refractivity contribution is -0.144. The molecule has 0 radical (unpaired) electrons. The first-order chi connectivity index (χ1) is 11.6.